The lowest BCUT2D eigenvalue weighted by atomic mass is 9.92. The summed E-state index contributed by atoms with van der Waals surface area (Å²) in [6.45, 7) is 2.12. The molecule has 0 saturated heterocycles. The molecule has 56 valence electrons. The molecule has 0 aromatic carbocycles. The lowest BCUT2D eigenvalue weighted by molar-refractivity contribution is 0.229. The van der Waals surface area contributed by atoms with Crippen LogP contribution in [0.2, 0.25) is 0 Å². The monoisotopic (exact) mass is 170 g/mol. The van der Waals surface area contributed by atoms with Gasteiger partial charge in [0.1, 0.15) is 0 Å². The van der Waals surface area contributed by atoms with Crippen molar-refractivity contribution in [2.24, 2.45) is 5.41 Å². The molecule has 0 spiro atoms. The summed E-state index contributed by atoms with van der Waals surface area (Å²) >= 11 is 11.2. The largest absolute Gasteiger partial charge is 0.396 e. The zero-order valence-electron chi connectivity index (χ0n) is 5.53. The van der Waals surface area contributed by atoms with Crippen LogP contribution in [-0.2, 0) is 0 Å². The van der Waals surface area contributed by atoms with E-state index >= 15 is 0 Å². The Hall–Kier alpha value is 0.540. The second kappa shape index (κ2) is 4.37. The molecule has 0 bridgehead atoms. The van der Waals surface area contributed by atoms with Crippen molar-refractivity contribution >= 4 is 23.2 Å². The van der Waals surface area contributed by atoms with Gasteiger partial charge in [0.25, 0.3) is 0 Å². The summed E-state index contributed by atoms with van der Waals surface area (Å²) in [6.07, 6.45) is 0.681. The molecule has 0 atom stereocenters. The molecule has 0 saturated carbocycles. The fourth-order valence-corrected chi connectivity index (χ4v) is 0.992. The number of aliphatic hydroxyl groups excluding tert-OH is 1. The predicted octanol–water partition coefficient (Wildman–Crippen LogP) is 1.85. The maximum absolute atomic E-state index is 8.55. The van der Waals surface area contributed by atoms with Crippen LogP contribution in [0.4, 0.5) is 0 Å². The third-order valence-electron chi connectivity index (χ3n) is 1.36. The average molecular weight is 171 g/mol. The second-order valence-electron chi connectivity index (χ2n) is 2.55. The van der Waals surface area contributed by atoms with E-state index in [0.717, 1.165) is 0 Å². The second-order valence-corrected chi connectivity index (χ2v) is 3.09. The van der Waals surface area contributed by atoms with Crippen molar-refractivity contribution in [1.29, 1.82) is 0 Å². The molecule has 3 heteroatoms. The molecule has 0 aliphatic rings. The molecule has 0 aromatic rings. The smallest absolute Gasteiger partial charge is 0.0437 e. The van der Waals surface area contributed by atoms with Crippen LogP contribution in [0.5, 0.6) is 0 Å². The maximum Gasteiger partial charge on any atom is 0.0437 e. The highest BCUT2D eigenvalue weighted by molar-refractivity contribution is 6.21. The third-order valence-corrected chi connectivity index (χ3v) is 2.65. The van der Waals surface area contributed by atoms with E-state index in [4.69, 9.17) is 28.3 Å². The van der Waals surface area contributed by atoms with Crippen LogP contribution in [-0.4, -0.2) is 23.5 Å². The van der Waals surface area contributed by atoms with E-state index in [1.165, 1.54) is 0 Å². The molecule has 0 fully saturated rings. The molecule has 0 aliphatic heterocycles. The van der Waals surface area contributed by atoms with Gasteiger partial charge in [0, 0.05) is 18.4 Å². The third kappa shape index (κ3) is 3.29. The van der Waals surface area contributed by atoms with Gasteiger partial charge in [0.2, 0.25) is 0 Å². The Morgan fingerprint density at radius 2 is 1.78 bits per heavy atom. The van der Waals surface area contributed by atoms with Crippen LogP contribution in [0.3, 0.4) is 0 Å². The lowest BCUT2D eigenvalue weighted by Gasteiger charge is -2.22. The first kappa shape index (κ1) is 9.54. The molecule has 1 nitrogen and oxygen atoms in total. The molecule has 0 radical (unpaired) electrons. The highest BCUT2D eigenvalue weighted by Gasteiger charge is 2.20. The van der Waals surface area contributed by atoms with Crippen molar-refractivity contribution in [3.63, 3.8) is 0 Å². The Balaban J connectivity index is 3.62. The van der Waals surface area contributed by atoms with E-state index in [1.807, 2.05) is 6.92 Å². The van der Waals surface area contributed by atoms with Gasteiger partial charge in [-0.1, -0.05) is 6.92 Å². The van der Waals surface area contributed by atoms with E-state index in [9.17, 15) is 0 Å². The Kier molecular flexibility index (Phi) is 4.63. The Morgan fingerprint density at radius 1 is 1.33 bits per heavy atom. The molecule has 0 aliphatic carbocycles. The molecule has 0 rings (SSSR count). The number of rotatable bonds is 4. The van der Waals surface area contributed by atoms with Crippen LogP contribution in [0, 0.1) is 5.41 Å². The van der Waals surface area contributed by atoms with E-state index in [1.54, 1.807) is 0 Å². The standard InChI is InChI=1S/C6H12Cl2O/c1-6(4-7,5-8)2-3-9/h9H,2-5H2,1H3. The molecular weight excluding hydrogens is 159 g/mol. The van der Waals surface area contributed by atoms with Gasteiger partial charge >= 0.3 is 0 Å². The fraction of sp³-hybridized carbons (Fsp3) is 1.00. The summed E-state index contributed by atoms with van der Waals surface area (Å²) in [4.78, 5) is 0. The van der Waals surface area contributed by atoms with Crippen LogP contribution in [0.15, 0.2) is 0 Å². The normalized spacial score (nSPS) is 12.0. The summed E-state index contributed by atoms with van der Waals surface area (Å²) in [5, 5.41) is 8.55. The van der Waals surface area contributed by atoms with E-state index in [-0.39, 0.29) is 12.0 Å². The molecule has 0 aromatic heterocycles. The van der Waals surface area contributed by atoms with Crippen LogP contribution >= 0.6 is 23.2 Å². The summed E-state index contributed by atoms with van der Waals surface area (Å²) in [5.41, 5.74) is -0.0855. The van der Waals surface area contributed by atoms with E-state index in [2.05, 4.69) is 0 Å². The van der Waals surface area contributed by atoms with Gasteiger partial charge in [-0.25, -0.2) is 0 Å². The fourth-order valence-electron chi connectivity index (χ4n) is 0.439. The molecule has 9 heavy (non-hydrogen) atoms. The van der Waals surface area contributed by atoms with Crippen molar-refractivity contribution in [3.05, 3.63) is 0 Å². The molecule has 0 amide bonds. The molecule has 1 N–H and O–H groups in total. The van der Waals surface area contributed by atoms with Gasteiger partial charge in [0.15, 0.2) is 0 Å². The van der Waals surface area contributed by atoms with Gasteiger partial charge in [-0.05, 0) is 11.8 Å². The zero-order valence-corrected chi connectivity index (χ0v) is 7.04. The lowest BCUT2D eigenvalue weighted by Crippen LogP contribution is -2.21. The number of hydrogen-bond acceptors (Lipinski definition) is 1. The SMILES string of the molecule is CC(CCl)(CCl)CCO. The summed E-state index contributed by atoms with van der Waals surface area (Å²) in [5.74, 6) is 1.02. The van der Waals surface area contributed by atoms with Crippen LogP contribution < -0.4 is 0 Å². The zero-order chi connectivity index (χ0) is 7.33. The summed E-state index contributed by atoms with van der Waals surface area (Å²) in [6, 6.07) is 0. The van der Waals surface area contributed by atoms with Gasteiger partial charge in [-0.15, -0.1) is 23.2 Å². The van der Waals surface area contributed by atoms with Crippen LogP contribution in [0.25, 0.3) is 0 Å². The van der Waals surface area contributed by atoms with E-state index < -0.39 is 0 Å². The van der Waals surface area contributed by atoms with Gasteiger partial charge < -0.3 is 5.11 Å². The van der Waals surface area contributed by atoms with Gasteiger partial charge in [0.05, 0.1) is 0 Å². The first-order valence-corrected chi connectivity index (χ1v) is 3.98. The first-order valence-electron chi connectivity index (χ1n) is 2.91. The Morgan fingerprint density at radius 3 is 1.89 bits per heavy atom. The number of aliphatic hydroxyl groups is 1. The predicted molar refractivity (Wildman–Crippen MR) is 41.2 cm³/mol. The van der Waals surface area contributed by atoms with Crippen molar-refractivity contribution in [3.8, 4) is 0 Å². The van der Waals surface area contributed by atoms with Gasteiger partial charge in [-0.3, -0.25) is 0 Å². The minimum absolute atomic E-state index is 0.0855. The van der Waals surface area contributed by atoms with Crippen molar-refractivity contribution in [2.45, 2.75) is 13.3 Å². The van der Waals surface area contributed by atoms with Crippen molar-refractivity contribution in [2.75, 3.05) is 18.4 Å². The molecule has 0 heterocycles. The number of halogens is 2. The van der Waals surface area contributed by atoms with Crippen molar-refractivity contribution in [1.82, 2.24) is 0 Å². The van der Waals surface area contributed by atoms with Gasteiger partial charge in [-0.2, -0.15) is 0 Å². The molecular formula is C6H12Cl2O. The molecule has 0 unspecified atom stereocenters. The number of alkyl halides is 2. The first-order chi connectivity index (χ1) is 4.18. The minimum Gasteiger partial charge on any atom is -0.396 e. The Bertz CT molecular complexity index is 71.5. The maximum atomic E-state index is 8.55. The summed E-state index contributed by atoms with van der Waals surface area (Å²) < 4.78 is 0. The van der Waals surface area contributed by atoms with E-state index in [0.29, 0.717) is 18.2 Å². The Labute approximate surface area is 66.0 Å². The number of hydrogen-bond donors (Lipinski definition) is 1. The average Bonchev–Trinajstić information content (AvgIpc) is 1.89. The topological polar surface area (TPSA) is 20.2 Å². The quantitative estimate of drug-likeness (QED) is 0.640. The summed E-state index contributed by atoms with van der Waals surface area (Å²) in [7, 11) is 0. The van der Waals surface area contributed by atoms with Crippen molar-refractivity contribution < 1.29 is 5.11 Å². The highest BCUT2D eigenvalue weighted by atomic mass is 35.5. The minimum atomic E-state index is -0.0855. The highest BCUT2D eigenvalue weighted by Crippen LogP contribution is 2.23. The van der Waals surface area contributed by atoms with Crippen LogP contribution in [0.1, 0.15) is 13.3 Å².